The van der Waals surface area contributed by atoms with Crippen molar-refractivity contribution < 1.29 is 13.5 Å². The monoisotopic (exact) mass is 496 g/mol. The number of pyridine rings is 1. The van der Waals surface area contributed by atoms with Crippen molar-refractivity contribution in [3.8, 4) is 33.3 Å². The van der Waals surface area contributed by atoms with Crippen LogP contribution in [-0.2, 0) is 0 Å². The van der Waals surface area contributed by atoms with Crippen LogP contribution >= 0.6 is 11.3 Å². The van der Waals surface area contributed by atoms with Gasteiger partial charge in [-0.25, -0.2) is 9.37 Å². The van der Waals surface area contributed by atoms with Crippen molar-refractivity contribution in [3.63, 3.8) is 0 Å². The Balaban J connectivity index is 1.39. The Morgan fingerprint density at radius 1 is 1.11 bits per heavy atom. The number of halogens is 2. The summed E-state index contributed by atoms with van der Waals surface area (Å²) in [5.74, 6) is -0.804. The molecule has 0 bridgehead atoms. The highest BCUT2D eigenvalue weighted by Gasteiger charge is 2.24. The number of nitrogens with two attached hydrogens (primary N) is 1. The van der Waals surface area contributed by atoms with E-state index in [-0.39, 0.29) is 23.1 Å². The van der Waals surface area contributed by atoms with E-state index in [1.165, 1.54) is 18.6 Å². The Morgan fingerprint density at radius 2 is 1.91 bits per heavy atom. The molecule has 3 aromatic heterocycles. The fourth-order valence-electron chi connectivity index (χ4n) is 4.56. The van der Waals surface area contributed by atoms with Crippen molar-refractivity contribution in [2.45, 2.75) is 39.0 Å². The number of hydrogen-bond acceptors (Lipinski definition) is 7. The molecule has 35 heavy (non-hydrogen) atoms. The summed E-state index contributed by atoms with van der Waals surface area (Å²) in [6, 6.07) is 8.50. The fourth-order valence-corrected chi connectivity index (χ4v) is 5.27. The van der Waals surface area contributed by atoms with Crippen molar-refractivity contribution in [1.29, 1.82) is 0 Å². The number of hydrogen-bond donors (Lipinski definition) is 1. The summed E-state index contributed by atoms with van der Waals surface area (Å²) in [7, 11) is 0. The van der Waals surface area contributed by atoms with Gasteiger partial charge in [0, 0.05) is 16.6 Å². The van der Waals surface area contributed by atoms with Crippen LogP contribution in [-0.4, -0.2) is 31.8 Å². The Labute approximate surface area is 206 Å². The van der Waals surface area contributed by atoms with Crippen molar-refractivity contribution >= 4 is 17.2 Å². The first-order chi connectivity index (χ1) is 17.0. The molecular formula is C25H26F2N6OS. The van der Waals surface area contributed by atoms with Crippen molar-refractivity contribution in [1.82, 2.24) is 25.2 Å². The van der Waals surface area contributed by atoms with Crippen molar-refractivity contribution in [2.24, 2.45) is 11.8 Å². The van der Waals surface area contributed by atoms with Crippen LogP contribution in [0.1, 0.15) is 39.0 Å². The molecule has 0 amide bonds. The summed E-state index contributed by atoms with van der Waals surface area (Å²) in [5, 5.41) is 13.5. The van der Waals surface area contributed by atoms with Crippen molar-refractivity contribution in [3.05, 3.63) is 53.5 Å². The number of anilines is 1. The molecule has 0 spiro atoms. The van der Waals surface area contributed by atoms with E-state index >= 15 is 4.39 Å². The highest BCUT2D eigenvalue weighted by molar-refractivity contribution is 7.13. The number of nitrogen functional groups attached to an aromatic ring is 1. The van der Waals surface area contributed by atoms with Crippen LogP contribution in [0.3, 0.4) is 0 Å². The maximum absolute atomic E-state index is 15.2. The third-order valence-corrected chi connectivity index (χ3v) is 7.63. The van der Waals surface area contributed by atoms with Crippen LogP contribution in [0, 0.1) is 23.5 Å². The molecule has 10 heteroatoms. The normalized spacial score (nSPS) is 18.0. The SMILES string of the molecule is CCC1CCC(COc2ccc(-n3nnnc3-c3cc(-c4cccs4)cnc3N)c(F)c2F)CC1. The van der Waals surface area contributed by atoms with E-state index < -0.39 is 11.6 Å². The molecule has 0 radical (unpaired) electrons. The Hall–Kier alpha value is -3.40. The fraction of sp³-hybridized carbons (Fsp3) is 0.360. The van der Waals surface area contributed by atoms with E-state index in [4.69, 9.17) is 10.5 Å². The second-order valence-electron chi connectivity index (χ2n) is 8.87. The minimum atomic E-state index is -1.09. The highest BCUT2D eigenvalue weighted by Crippen LogP contribution is 2.34. The zero-order valence-electron chi connectivity index (χ0n) is 19.3. The topological polar surface area (TPSA) is 91.7 Å². The van der Waals surface area contributed by atoms with Gasteiger partial charge in [-0.1, -0.05) is 32.3 Å². The van der Waals surface area contributed by atoms with E-state index in [2.05, 4.69) is 27.4 Å². The van der Waals surface area contributed by atoms with E-state index in [1.54, 1.807) is 23.6 Å². The van der Waals surface area contributed by atoms with Gasteiger partial charge in [-0.2, -0.15) is 9.07 Å². The van der Waals surface area contributed by atoms with Gasteiger partial charge in [0.1, 0.15) is 11.5 Å². The van der Waals surface area contributed by atoms with Crippen LogP contribution < -0.4 is 10.5 Å². The number of thiophene rings is 1. The molecule has 7 nitrogen and oxygen atoms in total. The molecule has 182 valence electrons. The van der Waals surface area contributed by atoms with Gasteiger partial charge in [0.15, 0.2) is 17.4 Å². The zero-order valence-corrected chi connectivity index (χ0v) is 20.1. The lowest BCUT2D eigenvalue weighted by Crippen LogP contribution is -2.20. The maximum Gasteiger partial charge on any atom is 0.202 e. The summed E-state index contributed by atoms with van der Waals surface area (Å²) < 4.78 is 37.0. The van der Waals surface area contributed by atoms with E-state index in [9.17, 15) is 4.39 Å². The average molecular weight is 497 g/mol. The van der Waals surface area contributed by atoms with Gasteiger partial charge in [0.2, 0.25) is 5.82 Å². The molecule has 1 aliphatic carbocycles. The lowest BCUT2D eigenvalue weighted by Gasteiger charge is -2.27. The molecule has 1 aliphatic rings. The number of tetrazole rings is 1. The average Bonchev–Trinajstić information content (AvgIpc) is 3.58. The Morgan fingerprint density at radius 3 is 2.66 bits per heavy atom. The van der Waals surface area contributed by atoms with E-state index in [0.29, 0.717) is 18.1 Å². The lowest BCUT2D eigenvalue weighted by atomic mass is 9.81. The van der Waals surface area contributed by atoms with Crippen LogP contribution in [0.4, 0.5) is 14.6 Å². The maximum atomic E-state index is 15.2. The molecule has 0 unspecified atom stereocenters. The largest absolute Gasteiger partial charge is 0.490 e. The van der Waals surface area contributed by atoms with Crippen LogP contribution in [0.5, 0.6) is 5.75 Å². The predicted octanol–water partition coefficient (Wildman–Crippen LogP) is 5.91. The molecule has 0 saturated heterocycles. The zero-order chi connectivity index (χ0) is 24.4. The molecule has 0 atom stereocenters. The molecule has 0 aliphatic heterocycles. The number of aromatic nitrogens is 5. The van der Waals surface area contributed by atoms with Gasteiger partial charge in [-0.3, -0.25) is 0 Å². The van der Waals surface area contributed by atoms with Gasteiger partial charge in [-0.05, 0) is 64.7 Å². The van der Waals surface area contributed by atoms with Gasteiger partial charge >= 0.3 is 0 Å². The minimum Gasteiger partial charge on any atom is -0.490 e. The molecule has 5 rings (SSSR count). The Kier molecular flexibility index (Phi) is 6.72. The second kappa shape index (κ2) is 10.1. The number of benzene rings is 1. The lowest BCUT2D eigenvalue weighted by molar-refractivity contribution is 0.175. The second-order valence-corrected chi connectivity index (χ2v) is 9.81. The summed E-state index contributed by atoms with van der Waals surface area (Å²) >= 11 is 1.55. The van der Waals surface area contributed by atoms with Crippen LogP contribution in [0.15, 0.2) is 41.9 Å². The standard InChI is InChI=1S/C25H26F2N6OS/c1-2-15-5-7-16(8-6-15)14-34-20-10-9-19(22(26)23(20)27)33-25(30-31-32-33)18-12-17(13-29-24(18)28)21-4-3-11-35-21/h3-4,9-13,15-16H,2,5-8,14H2,1H3,(H2,28,29). The van der Waals surface area contributed by atoms with E-state index in [0.717, 1.165) is 46.7 Å². The van der Waals surface area contributed by atoms with Gasteiger partial charge in [0.25, 0.3) is 0 Å². The third-order valence-electron chi connectivity index (χ3n) is 6.71. The number of nitrogens with zero attached hydrogens (tertiary/aromatic N) is 5. The quantitative estimate of drug-likeness (QED) is 0.342. The molecule has 3 heterocycles. The molecular weight excluding hydrogens is 470 g/mol. The van der Waals surface area contributed by atoms with Gasteiger partial charge < -0.3 is 10.5 Å². The molecule has 4 aromatic rings. The predicted molar refractivity (Wildman–Crippen MR) is 131 cm³/mol. The number of ether oxygens (including phenoxy) is 1. The summed E-state index contributed by atoms with van der Waals surface area (Å²) in [4.78, 5) is 5.23. The minimum absolute atomic E-state index is 0.112. The Bertz CT molecular complexity index is 1300. The number of rotatable bonds is 7. The smallest absolute Gasteiger partial charge is 0.202 e. The van der Waals surface area contributed by atoms with E-state index in [1.807, 2.05) is 17.5 Å². The summed E-state index contributed by atoms with van der Waals surface area (Å²) in [5.41, 5.74) is 7.20. The first kappa shape index (κ1) is 23.3. The van der Waals surface area contributed by atoms with Gasteiger partial charge in [-0.15, -0.1) is 16.4 Å². The van der Waals surface area contributed by atoms with Gasteiger partial charge in [0.05, 0.1) is 12.2 Å². The molecule has 1 saturated carbocycles. The first-order valence-corrected chi connectivity index (χ1v) is 12.6. The molecule has 1 fully saturated rings. The molecule has 2 N–H and O–H groups in total. The highest BCUT2D eigenvalue weighted by atomic mass is 32.1. The summed E-state index contributed by atoms with van der Waals surface area (Å²) in [6.45, 7) is 2.59. The van der Waals surface area contributed by atoms with Crippen LogP contribution in [0.2, 0.25) is 0 Å². The summed E-state index contributed by atoms with van der Waals surface area (Å²) in [6.07, 6.45) is 7.26. The first-order valence-electron chi connectivity index (χ1n) is 11.7. The van der Waals surface area contributed by atoms with Crippen molar-refractivity contribution in [2.75, 3.05) is 12.3 Å². The van der Waals surface area contributed by atoms with Crippen LogP contribution in [0.25, 0.3) is 27.5 Å². The third kappa shape index (κ3) is 4.75. The molecule has 1 aromatic carbocycles.